The average Bonchev–Trinajstić information content (AvgIpc) is 2.88. The zero-order valence-electron chi connectivity index (χ0n) is 10.2. The van der Waals surface area contributed by atoms with Gasteiger partial charge in [-0.25, -0.2) is 4.79 Å². The quantitative estimate of drug-likeness (QED) is 0.723. The summed E-state index contributed by atoms with van der Waals surface area (Å²) >= 11 is 0. The molecule has 3 aromatic rings. The Balaban J connectivity index is 1.91. The van der Waals surface area contributed by atoms with Crippen molar-refractivity contribution in [3.8, 4) is 5.75 Å². The Kier molecular flexibility index (Phi) is 2.75. The van der Waals surface area contributed by atoms with E-state index in [1.54, 1.807) is 12.3 Å². The van der Waals surface area contributed by atoms with E-state index < -0.39 is 0 Å². The first kappa shape index (κ1) is 11.5. The second-order valence-electron chi connectivity index (χ2n) is 4.16. The zero-order valence-corrected chi connectivity index (χ0v) is 10.2. The molecular formula is C13H11N3O3. The van der Waals surface area contributed by atoms with Crippen molar-refractivity contribution in [1.82, 2.24) is 15.4 Å². The molecule has 0 aliphatic carbocycles. The maximum Gasteiger partial charge on any atom is 0.336 e. The van der Waals surface area contributed by atoms with Gasteiger partial charge in [0.2, 0.25) is 0 Å². The fourth-order valence-electron chi connectivity index (χ4n) is 1.85. The molecule has 0 bridgehead atoms. The van der Waals surface area contributed by atoms with Crippen LogP contribution in [0.25, 0.3) is 11.0 Å². The van der Waals surface area contributed by atoms with Gasteiger partial charge >= 0.3 is 5.63 Å². The third-order valence-electron chi connectivity index (χ3n) is 2.77. The van der Waals surface area contributed by atoms with Gasteiger partial charge in [0.25, 0.3) is 0 Å². The number of rotatable bonds is 3. The number of aryl methyl sites for hydroxylation is 1. The second kappa shape index (κ2) is 4.56. The lowest BCUT2D eigenvalue weighted by Crippen LogP contribution is -1.99. The summed E-state index contributed by atoms with van der Waals surface area (Å²) in [6, 6.07) is 6.86. The van der Waals surface area contributed by atoms with Crippen molar-refractivity contribution in [2.75, 3.05) is 0 Å². The number of nitrogens with one attached hydrogen (secondary N) is 1. The lowest BCUT2D eigenvalue weighted by molar-refractivity contribution is 0.301. The molecule has 0 spiro atoms. The number of benzene rings is 1. The van der Waals surface area contributed by atoms with Gasteiger partial charge in [-0.15, -0.1) is 0 Å². The van der Waals surface area contributed by atoms with Crippen LogP contribution in [0.2, 0.25) is 0 Å². The van der Waals surface area contributed by atoms with E-state index in [0.717, 1.165) is 10.9 Å². The van der Waals surface area contributed by atoms with Gasteiger partial charge in [0.05, 0.1) is 6.20 Å². The molecule has 3 rings (SSSR count). The first-order chi connectivity index (χ1) is 9.22. The molecule has 0 aliphatic rings. The molecule has 6 nitrogen and oxygen atoms in total. The molecule has 0 atom stereocenters. The molecule has 0 amide bonds. The van der Waals surface area contributed by atoms with Crippen LogP contribution in [0, 0.1) is 6.92 Å². The van der Waals surface area contributed by atoms with Crippen molar-refractivity contribution in [3.63, 3.8) is 0 Å². The Morgan fingerprint density at radius 2 is 2.26 bits per heavy atom. The maximum absolute atomic E-state index is 11.3. The number of ether oxygens (including phenoxy) is 1. The highest BCUT2D eigenvalue weighted by Gasteiger charge is 2.05. The largest absolute Gasteiger partial charge is 0.487 e. The number of aromatic nitrogens is 3. The zero-order chi connectivity index (χ0) is 13.2. The molecule has 96 valence electrons. The number of hydrogen-bond acceptors (Lipinski definition) is 5. The normalized spacial score (nSPS) is 10.8. The summed E-state index contributed by atoms with van der Waals surface area (Å²) < 4.78 is 10.7. The van der Waals surface area contributed by atoms with Gasteiger partial charge in [0, 0.05) is 17.5 Å². The van der Waals surface area contributed by atoms with Gasteiger partial charge < -0.3 is 9.15 Å². The molecule has 0 radical (unpaired) electrons. The van der Waals surface area contributed by atoms with Crippen LogP contribution in [-0.4, -0.2) is 15.4 Å². The topological polar surface area (TPSA) is 81.0 Å². The minimum absolute atomic E-state index is 0.304. The van der Waals surface area contributed by atoms with E-state index in [1.165, 1.54) is 6.07 Å². The molecule has 1 aromatic carbocycles. The van der Waals surface area contributed by atoms with Crippen LogP contribution in [0.5, 0.6) is 5.75 Å². The first-order valence-electron chi connectivity index (χ1n) is 5.74. The van der Waals surface area contributed by atoms with Crippen molar-refractivity contribution in [3.05, 3.63) is 52.1 Å². The molecule has 1 N–H and O–H groups in total. The number of fused-ring (bicyclic) bond motifs is 1. The molecule has 0 saturated heterocycles. The molecule has 0 fully saturated rings. The van der Waals surface area contributed by atoms with Gasteiger partial charge in [-0.2, -0.15) is 15.4 Å². The number of nitrogens with zero attached hydrogens (tertiary/aromatic N) is 2. The van der Waals surface area contributed by atoms with Crippen LogP contribution in [0.4, 0.5) is 0 Å². The predicted octanol–water partition coefficient (Wildman–Crippen LogP) is 1.80. The summed E-state index contributed by atoms with van der Waals surface area (Å²) in [7, 11) is 0. The number of hydrogen-bond donors (Lipinski definition) is 1. The van der Waals surface area contributed by atoms with Gasteiger partial charge in [0.1, 0.15) is 23.6 Å². The van der Waals surface area contributed by atoms with E-state index in [-0.39, 0.29) is 5.63 Å². The summed E-state index contributed by atoms with van der Waals surface area (Å²) in [6.07, 6.45) is 1.59. The summed E-state index contributed by atoms with van der Waals surface area (Å²) in [6.45, 7) is 2.17. The van der Waals surface area contributed by atoms with Gasteiger partial charge in [-0.1, -0.05) is 0 Å². The van der Waals surface area contributed by atoms with E-state index in [2.05, 4.69) is 15.4 Å². The third-order valence-corrected chi connectivity index (χ3v) is 2.77. The standard InChI is InChI=1S/C13H11N3O3/c1-8-4-13(17)19-12-5-10(2-3-11(8)12)18-7-9-6-14-16-15-9/h2-6H,7H2,1H3,(H,14,15,16). The molecule has 6 heteroatoms. The highest BCUT2D eigenvalue weighted by molar-refractivity contribution is 5.81. The number of H-pyrrole nitrogens is 1. The van der Waals surface area contributed by atoms with E-state index >= 15 is 0 Å². The SMILES string of the molecule is Cc1cc(=O)oc2cc(OCc3cn[nH]n3)ccc12. The molecule has 0 unspecified atom stereocenters. The van der Waals surface area contributed by atoms with E-state index in [1.807, 2.05) is 19.1 Å². The van der Waals surface area contributed by atoms with Crippen LogP contribution >= 0.6 is 0 Å². The average molecular weight is 257 g/mol. The molecule has 2 heterocycles. The Hall–Kier alpha value is -2.63. The molecule has 0 aliphatic heterocycles. The Bertz CT molecular complexity index is 762. The van der Waals surface area contributed by atoms with Crippen LogP contribution in [0.3, 0.4) is 0 Å². The first-order valence-corrected chi connectivity index (χ1v) is 5.74. The fourth-order valence-corrected chi connectivity index (χ4v) is 1.85. The molecule has 19 heavy (non-hydrogen) atoms. The van der Waals surface area contributed by atoms with Crippen LogP contribution in [0.1, 0.15) is 11.3 Å². The minimum Gasteiger partial charge on any atom is -0.487 e. The van der Waals surface area contributed by atoms with E-state index in [4.69, 9.17) is 9.15 Å². The predicted molar refractivity (Wildman–Crippen MR) is 67.9 cm³/mol. The molecule has 2 aromatic heterocycles. The van der Waals surface area contributed by atoms with Crippen molar-refractivity contribution in [2.45, 2.75) is 13.5 Å². The van der Waals surface area contributed by atoms with Crippen LogP contribution in [0.15, 0.2) is 39.7 Å². The van der Waals surface area contributed by atoms with Gasteiger partial charge in [0.15, 0.2) is 0 Å². The Labute approximate surface area is 108 Å². The lowest BCUT2D eigenvalue weighted by Gasteiger charge is -2.05. The fraction of sp³-hybridized carbons (Fsp3) is 0.154. The summed E-state index contributed by atoms with van der Waals surface area (Å²) in [5, 5.41) is 11.0. The Morgan fingerprint density at radius 3 is 3.05 bits per heavy atom. The monoisotopic (exact) mass is 257 g/mol. The van der Waals surface area contributed by atoms with Crippen LogP contribution < -0.4 is 10.4 Å². The molecule has 0 saturated carbocycles. The van der Waals surface area contributed by atoms with Crippen molar-refractivity contribution in [1.29, 1.82) is 0 Å². The van der Waals surface area contributed by atoms with Gasteiger partial charge in [-0.05, 0) is 24.6 Å². The lowest BCUT2D eigenvalue weighted by atomic mass is 10.1. The third kappa shape index (κ3) is 2.33. The second-order valence-corrected chi connectivity index (χ2v) is 4.16. The summed E-state index contributed by atoms with van der Waals surface area (Å²) in [5.74, 6) is 0.615. The highest BCUT2D eigenvalue weighted by Crippen LogP contribution is 2.22. The number of aromatic amines is 1. The summed E-state index contributed by atoms with van der Waals surface area (Å²) in [4.78, 5) is 11.3. The highest BCUT2D eigenvalue weighted by atomic mass is 16.5. The van der Waals surface area contributed by atoms with Gasteiger partial charge in [-0.3, -0.25) is 0 Å². The van der Waals surface area contributed by atoms with Crippen molar-refractivity contribution >= 4 is 11.0 Å². The smallest absolute Gasteiger partial charge is 0.336 e. The maximum atomic E-state index is 11.3. The molecular weight excluding hydrogens is 246 g/mol. The van der Waals surface area contributed by atoms with E-state index in [9.17, 15) is 4.79 Å². The van der Waals surface area contributed by atoms with Crippen LogP contribution in [-0.2, 0) is 6.61 Å². The minimum atomic E-state index is -0.362. The van der Waals surface area contributed by atoms with Crippen molar-refractivity contribution in [2.24, 2.45) is 0 Å². The van der Waals surface area contributed by atoms with Crippen molar-refractivity contribution < 1.29 is 9.15 Å². The Morgan fingerprint density at radius 1 is 1.37 bits per heavy atom. The van der Waals surface area contributed by atoms with E-state index in [0.29, 0.717) is 23.6 Å². The summed E-state index contributed by atoms with van der Waals surface area (Å²) in [5.41, 5.74) is 1.74.